The van der Waals surface area contributed by atoms with Gasteiger partial charge >= 0.3 is 6.09 Å². The Morgan fingerprint density at radius 3 is 2.54 bits per heavy atom. The van der Waals surface area contributed by atoms with Crippen molar-refractivity contribution in [3.63, 3.8) is 0 Å². The van der Waals surface area contributed by atoms with Gasteiger partial charge in [-0.2, -0.15) is 0 Å². The summed E-state index contributed by atoms with van der Waals surface area (Å²) >= 11 is 0. The molecule has 0 aliphatic carbocycles. The molecule has 184 valence electrons. The number of benzene rings is 4. The Labute approximate surface area is 215 Å². The largest absolute Gasteiger partial charge is 0.445 e. The first kappa shape index (κ1) is 23.0. The van der Waals surface area contributed by atoms with Gasteiger partial charge in [0.2, 0.25) is 0 Å². The summed E-state index contributed by atoms with van der Waals surface area (Å²) in [7, 11) is 0. The Morgan fingerprint density at radius 1 is 0.919 bits per heavy atom. The number of aryl methyl sites for hydroxylation is 1. The fourth-order valence-corrected chi connectivity index (χ4v) is 5.29. The minimum Gasteiger partial charge on any atom is -0.445 e. The van der Waals surface area contributed by atoms with Gasteiger partial charge in [-0.15, -0.1) is 0 Å². The highest BCUT2D eigenvalue weighted by atomic mass is 16.6. The fraction of sp³-hybridized carbons (Fsp3) is 0.188. The van der Waals surface area contributed by atoms with Crippen LogP contribution in [0.1, 0.15) is 35.7 Å². The SMILES string of the molecule is Cc1ccc2cc(-c3ccc4c(=O)cc(C5CCCN5C(=O)OCc5ccccc5)[nH]c4c3)ccc2c1. The summed E-state index contributed by atoms with van der Waals surface area (Å²) in [5, 5.41) is 3.03. The maximum atomic E-state index is 13.0. The molecule has 0 spiro atoms. The fourth-order valence-electron chi connectivity index (χ4n) is 5.29. The van der Waals surface area contributed by atoms with Gasteiger partial charge in [-0.25, -0.2) is 4.79 Å². The molecule has 1 N–H and O–H groups in total. The third kappa shape index (κ3) is 4.60. The van der Waals surface area contributed by atoms with E-state index in [-0.39, 0.29) is 24.2 Å². The predicted octanol–water partition coefficient (Wildman–Crippen LogP) is 7.13. The minimum absolute atomic E-state index is 0.0474. The second-order valence-corrected chi connectivity index (χ2v) is 9.81. The number of carbonyl (C=O) groups excluding carboxylic acids is 1. The highest BCUT2D eigenvalue weighted by Crippen LogP contribution is 2.33. The molecule has 5 nitrogen and oxygen atoms in total. The van der Waals surface area contributed by atoms with Gasteiger partial charge in [0.1, 0.15) is 6.61 Å². The molecule has 1 aliphatic heterocycles. The van der Waals surface area contributed by atoms with Crippen LogP contribution in [0.4, 0.5) is 4.79 Å². The number of pyridine rings is 1. The van der Waals surface area contributed by atoms with Crippen molar-refractivity contribution in [3.8, 4) is 11.1 Å². The van der Waals surface area contributed by atoms with Crippen LogP contribution >= 0.6 is 0 Å². The molecular formula is C32H28N2O3. The Bertz CT molecular complexity index is 1670. The van der Waals surface area contributed by atoms with Crippen LogP contribution in [0.3, 0.4) is 0 Å². The molecule has 2 heterocycles. The van der Waals surface area contributed by atoms with Crippen LogP contribution in [0, 0.1) is 6.92 Å². The van der Waals surface area contributed by atoms with Gasteiger partial charge in [0.05, 0.1) is 11.6 Å². The zero-order valence-corrected chi connectivity index (χ0v) is 20.7. The maximum Gasteiger partial charge on any atom is 0.410 e. The molecular weight excluding hydrogens is 460 g/mol. The number of nitrogens with zero attached hydrogens (tertiary/aromatic N) is 1. The first-order chi connectivity index (χ1) is 18.0. The number of hydrogen-bond donors (Lipinski definition) is 1. The van der Waals surface area contributed by atoms with Crippen molar-refractivity contribution in [3.05, 3.63) is 118 Å². The van der Waals surface area contributed by atoms with Gasteiger partial charge in [-0.1, -0.05) is 72.3 Å². The number of aromatic nitrogens is 1. The number of carbonyl (C=O) groups is 1. The van der Waals surface area contributed by atoms with Crippen LogP contribution in [0.2, 0.25) is 0 Å². The molecule has 1 amide bonds. The summed E-state index contributed by atoms with van der Waals surface area (Å²) in [6.45, 7) is 2.93. The number of amides is 1. The molecule has 1 fully saturated rings. The average Bonchev–Trinajstić information content (AvgIpc) is 3.42. The summed E-state index contributed by atoms with van der Waals surface area (Å²) in [4.78, 5) is 31.2. The number of hydrogen-bond acceptors (Lipinski definition) is 3. The summed E-state index contributed by atoms with van der Waals surface area (Å²) in [6.07, 6.45) is 1.29. The molecule has 37 heavy (non-hydrogen) atoms. The summed E-state index contributed by atoms with van der Waals surface area (Å²) in [6, 6.07) is 29.9. The van der Waals surface area contributed by atoms with Gasteiger partial charge in [-0.3, -0.25) is 9.69 Å². The van der Waals surface area contributed by atoms with Crippen molar-refractivity contribution in [1.29, 1.82) is 0 Å². The van der Waals surface area contributed by atoms with Crippen LogP contribution in [-0.2, 0) is 11.3 Å². The van der Waals surface area contributed by atoms with Crippen molar-refractivity contribution in [2.24, 2.45) is 0 Å². The van der Waals surface area contributed by atoms with Gasteiger partial charge in [0, 0.05) is 23.7 Å². The van der Waals surface area contributed by atoms with Crippen LogP contribution in [0.5, 0.6) is 0 Å². The van der Waals surface area contributed by atoms with E-state index in [1.54, 1.807) is 11.0 Å². The summed E-state index contributed by atoms with van der Waals surface area (Å²) < 4.78 is 5.60. The summed E-state index contributed by atoms with van der Waals surface area (Å²) in [5.41, 5.74) is 5.79. The maximum absolute atomic E-state index is 13.0. The highest BCUT2D eigenvalue weighted by molar-refractivity contribution is 5.90. The molecule has 1 aromatic heterocycles. The Morgan fingerprint density at radius 2 is 1.68 bits per heavy atom. The average molecular weight is 489 g/mol. The third-order valence-corrected chi connectivity index (χ3v) is 7.23. The smallest absolute Gasteiger partial charge is 0.410 e. The highest BCUT2D eigenvalue weighted by Gasteiger charge is 2.32. The molecule has 4 aromatic carbocycles. The molecule has 5 aromatic rings. The van der Waals surface area contributed by atoms with Gasteiger partial charge in [0.15, 0.2) is 5.43 Å². The van der Waals surface area contributed by atoms with Gasteiger partial charge in [-0.05, 0) is 65.4 Å². The van der Waals surface area contributed by atoms with Gasteiger partial charge < -0.3 is 9.72 Å². The molecule has 1 unspecified atom stereocenters. The lowest BCUT2D eigenvalue weighted by Crippen LogP contribution is -2.32. The van der Waals surface area contributed by atoms with E-state index < -0.39 is 0 Å². The molecule has 1 aliphatic rings. The lowest BCUT2D eigenvalue weighted by Gasteiger charge is -2.24. The van der Waals surface area contributed by atoms with E-state index in [1.165, 1.54) is 16.3 Å². The number of aromatic amines is 1. The van der Waals surface area contributed by atoms with Crippen molar-refractivity contribution in [2.75, 3.05) is 6.54 Å². The molecule has 0 radical (unpaired) electrons. The molecule has 1 saturated heterocycles. The van der Waals surface area contributed by atoms with E-state index in [9.17, 15) is 9.59 Å². The number of likely N-dealkylation sites (tertiary alicyclic amines) is 1. The second-order valence-electron chi connectivity index (χ2n) is 9.81. The first-order valence-electron chi connectivity index (χ1n) is 12.7. The molecule has 0 bridgehead atoms. The Hall–Kier alpha value is -4.38. The zero-order chi connectivity index (χ0) is 25.4. The van der Waals surface area contributed by atoms with E-state index in [4.69, 9.17) is 4.74 Å². The third-order valence-electron chi connectivity index (χ3n) is 7.23. The zero-order valence-electron chi connectivity index (χ0n) is 20.7. The lowest BCUT2D eigenvalue weighted by molar-refractivity contribution is 0.0915. The number of rotatable bonds is 4. The van der Waals surface area contributed by atoms with E-state index in [2.05, 4.69) is 48.3 Å². The van der Waals surface area contributed by atoms with E-state index >= 15 is 0 Å². The number of ether oxygens (including phenoxy) is 1. The van der Waals surface area contributed by atoms with E-state index in [0.717, 1.165) is 40.7 Å². The monoisotopic (exact) mass is 488 g/mol. The molecule has 1 atom stereocenters. The van der Waals surface area contributed by atoms with Crippen LogP contribution in [-0.4, -0.2) is 22.5 Å². The first-order valence-corrected chi connectivity index (χ1v) is 12.7. The second kappa shape index (κ2) is 9.58. The predicted molar refractivity (Wildman–Crippen MR) is 148 cm³/mol. The summed E-state index contributed by atoms with van der Waals surface area (Å²) in [5.74, 6) is 0. The van der Waals surface area contributed by atoms with E-state index in [1.807, 2.05) is 48.5 Å². The quantitative estimate of drug-likeness (QED) is 0.293. The van der Waals surface area contributed by atoms with Crippen molar-refractivity contribution < 1.29 is 9.53 Å². The standard InChI is InChI=1S/C32H28N2O3/c1-21-9-10-24-17-25(12-11-23(24)16-21)26-13-14-27-28(18-26)33-29(19-31(27)35)30-8-5-15-34(30)32(36)37-20-22-6-3-2-4-7-22/h2-4,6-7,9-14,16-19,30H,5,8,15,20H2,1H3,(H,33,35). The Balaban J connectivity index is 1.30. The molecule has 5 heteroatoms. The molecule has 0 saturated carbocycles. The lowest BCUT2D eigenvalue weighted by atomic mass is 9.99. The minimum atomic E-state index is -0.354. The number of nitrogens with one attached hydrogen (secondary N) is 1. The number of fused-ring (bicyclic) bond motifs is 2. The molecule has 6 rings (SSSR count). The van der Waals surface area contributed by atoms with E-state index in [0.29, 0.717) is 11.9 Å². The van der Waals surface area contributed by atoms with Crippen LogP contribution in [0.25, 0.3) is 32.8 Å². The van der Waals surface area contributed by atoms with Crippen molar-refractivity contribution in [2.45, 2.75) is 32.4 Å². The van der Waals surface area contributed by atoms with Crippen LogP contribution < -0.4 is 5.43 Å². The number of H-pyrrole nitrogens is 1. The van der Waals surface area contributed by atoms with Gasteiger partial charge in [0.25, 0.3) is 0 Å². The Kier molecular flexibility index (Phi) is 5.97. The van der Waals surface area contributed by atoms with Crippen molar-refractivity contribution >= 4 is 27.8 Å². The van der Waals surface area contributed by atoms with Crippen molar-refractivity contribution in [1.82, 2.24) is 9.88 Å². The normalized spacial score (nSPS) is 15.4. The van der Waals surface area contributed by atoms with Crippen LogP contribution in [0.15, 0.2) is 95.8 Å². The topological polar surface area (TPSA) is 62.4 Å².